The van der Waals surface area contributed by atoms with Gasteiger partial charge in [0, 0.05) is 24.8 Å². The van der Waals surface area contributed by atoms with E-state index in [2.05, 4.69) is 28.7 Å². The summed E-state index contributed by atoms with van der Waals surface area (Å²) < 4.78 is 5.44. The Labute approximate surface area is 108 Å². The van der Waals surface area contributed by atoms with Crippen LogP contribution in [0.15, 0.2) is 6.07 Å². The largest absolute Gasteiger partial charge is 0.478 e. The number of rotatable bonds is 4. The standard InChI is InChI=1S/C13H22N4O/c1-5-18-11-6-10(4)15-12(16-11)17-7-13(14,8-17)9(2)3/h6,9H,5,7-8,14H2,1-4H3. The maximum Gasteiger partial charge on any atom is 0.228 e. The van der Waals surface area contributed by atoms with Crippen molar-refractivity contribution in [2.75, 3.05) is 24.6 Å². The molecule has 0 aliphatic carbocycles. The molecule has 5 nitrogen and oxygen atoms in total. The topological polar surface area (TPSA) is 64.3 Å². The second-order valence-corrected chi connectivity index (χ2v) is 5.32. The van der Waals surface area contributed by atoms with Crippen molar-refractivity contribution in [2.24, 2.45) is 11.7 Å². The SMILES string of the molecule is CCOc1cc(C)nc(N2CC(N)(C(C)C)C2)n1. The highest BCUT2D eigenvalue weighted by atomic mass is 16.5. The van der Waals surface area contributed by atoms with Crippen LogP contribution < -0.4 is 15.4 Å². The zero-order valence-corrected chi connectivity index (χ0v) is 11.6. The lowest BCUT2D eigenvalue weighted by Crippen LogP contribution is -2.70. The van der Waals surface area contributed by atoms with Crippen molar-refractivity contribution in [3.63, 3.8) is 0 Å². The predicted molar refractivity (Wildman–Crippen MR) is 71.9 cm³/mol. The summed E-state index contributed by atoms with van der Waals surface area (Å²) in [6, 6.07) is 1.85. The maximum absolute atomic E-state index is 6.28. The van der Waals surface area contributed by atoms with Crippen molar-refractivity contribution >= 4 is 5.95 Å². The fourth-order valence-corrected chi connectivity index (χ4v) is 2.06. The van der Waals surface area contributed by atoms with Gasteiger partial charge in [0.05, 0.1) is 12.1 Å². The number of nitrogens with two attached hydrogens (primary N) is 1. The Kier molecular flexibility index (Phi) is 3.43. The van der Waals surface area contributed by atoms with Gasteiger partial charge >= 0.3 is 0 Å². The molecule has 0 unspecified atom stereocenters. The van der Waals surface area contributed by atoms with E-state index in [4.69, 9.17) is 10.5 Å². The first-order chi connectivity index (χ1) is 8.44. The van der Waals surface area contributed by atoms with Crippen LogP contribution >= 0.6 is 0 Å². The number of aromatic nitrogens is 2. The summed E-state index contributed by atoms with van der Waals surface area (Å²) in [5.41, 5.74) is 7.09. The van der Waals surface area contributed by atoms with Crippen molar-refractivity contribution < 1.29 is 4.74 Å². The zero-order chi connectivity index (χ0) is 13.3. The van der Waals surface area contributed by atoms with E-state index in [0.717, 1.165) is 24.7 Å². The number of ether oxygens (including phenoxy) is 1. The quantitative estimate of drug-likeness (QED) is 0.874. The molecule has 2 rings (SSSR count). The van der Waals surface area contributed by atoms with E-state index in [1.807, 2.05) is 19.9 Å². The Morgan fingerprint density at radius 1 is 1.44 bits per heavy atom. The molecule has 5 heteroatoms. The fraction of sp³-hybridized carbons (Fsp3) is 0.692. The van der Waals surface area contributed by atoms with Gasteiger partial charge in [0.2, 0.25) is 11.8 Å². The van der Waals surface area contributed by atoms with E-state index in [-0.39, 0.29) is 5.54 Å². The third kappa shape index (κ3) is 2.41. The highest BCUT2D eigenvalue weighted by molar-refractivity contribution is 5.41. The molecule has 1 aliphatic rings. The number of nitrogens with zero attached hydrogens (tertiary/aromatic N) is 3. The van der Waals surface area contributed by atoms with Crippen molar-refractivity contribution in [3.8, 4) is 5.88 Å². The van der Waals surface area contributed by atoms with E-state index < -0.39 is 0 Å². The third-order valence-electron chi connectivity index (χ3n) is 3.51. The summed E-state index contributed by atoms with van der Waals surface area (Å²) >= 11 is 0. The van der Waals surface area contributed by atoms with Crippen molar-refractivity contribution in [3.05, 3.63) is 11.8 Å². The minimum absolute atomic E-state index is 0.112. The Morgan fingerprint density at radius 2 is 2.11 bits per heavy atom. The van der Waals surface area contributed by atoms with Crippen molar-refractivity contribution in [2.45, 2.75) is 33.2 Å². The molecule has 1 aromatic rings. The van der Waals surface area contributed by atoms with Gasteiger partial charge in [0.1, 0.15) is 0 Å². The van der Waals surface area contributed by atoms with Gasteiger partial charge in [0.25, 0.3) is 0 Å². The monoisotopic (exact) mass is 250 g/mol. The van der Waals surface area contributed by atoms with E-state index >= 15 is 0 Å². The van der Waals surface area contributed by atoms with E-state index in [1.165, 1.54) is 0 Å². The van der Waals surface area contributed by atoms with Crippen LogP contribution in [0, 0.1) is 12.8 Å². The van der Waals surface area contributed by atoms with Crippen LogP contribution in [0.2, 0.25) is 0 Å². The number of hydrogen-bond acceptors (Lipinski definition) is 5. The van der Waals surface area contributed by atoms with Crippen LogP contribution in [0.1, 0.15) is 26.5 Å². The lowest BCUT2D eigenvalue weighted by molar-refractivity contribution is 0.241. The first-order valence-electron chi connectivity index (χ1n) is 6.47. The summed E-state index contributed by atoms with van der Waals surface area (Å²) in [5.74, 6) is 1.82. The molecule has 1 fully saturated rings. The van der Waals surface area contributed by atoms with Crippen molar-refractivity contribution in [1.82, 2.24) is 9.97 Å². The molecule has 0 aromatic carbocycles. The molecule has 18 heavy (non-hydrogen) atoms. The molecule has 0 saturated carbocycles. The summed E-state index contributed by atoms with van der Waals surface area (Å²) in [7, 11) is 0. The van der Waals surface area contributed by atoms with Crippen LogP contribution in [0.3, 0.4) is 0 Å². The average Bonchev–Trinajstić information content (AvgIpc) is 2.24. The molecule has 0 amide bonds. The molecule has 0 atom stereocenters. The van der Waals surface area contributed by atoms with Crippen LogP contribution in [0.25, 0.3) is 0 Å². The Morgan fingerprint density at radius 3 is 2.67 bits per heavy atom. The van der Waals surface area contributed by atoms with E-state index in [1.54, 1.807) is 0 Å². The van der Waals surface area contributed by atoms with E-state index in [0.29, 0.717) is 18.4 Å². The van der Waals surface area contributed by atoms with E-state index in [9.17, 15) is 0 Å². The molecule has 2 N–H and O–H groups in total. The lowest BCUT2D eigenvalue weighted by atomic mass is 9.80. The van der Waals surface area contributed by atoms with Gasteiger partial charge in [-0.2, -0.15) is 4.98 Å². The molecule has 0 bridgehead atoms. The van der Waals surface area contributed by atoms with Gasteiger partial charge in [-0.05, 0) is 19.8 Å². The second-order valence-electron chi connectivity index (χ2n) is 5.32. The van der Waals surface area contributed by atoms with Gasteiger partial charge in [-0.1, -0.05) is 13.8 Å². The van der Waals surface area contributed by atoms with Gasteiger partial charge in [-0.3, -0.25) is 0 Å². The fourth-order valence-electron chi connectivity index (χ4n) is 2.06. The first-order valence-corrected chi connectivity index (χ1v) is 6.47. The average molecular weight is 250 g/mol. The minimum atomic E-state index is -0.112. The number of aryl methyl sites for hydroxylation is 1. The summed E-state index contributed by atoms with van der Waals surface area (Å²) in [4.78, 5) is 11.0. The molecule has 0 spiro atoms. The maximum atomic E-state index is 6.28. The van der Waals surface area contributed by atoms with Crippen LogP contribution in [0.4, 0.5) is 5.95 Å². The third-order valence-corrected chi connectivity index (χ3v) is 3.51. The van der Waals surface area contributed by atoms with Crippen molar-refractivity contribution in [1.29, 1.82) is 0 Å². The van der Waals surface area contributed by atoms with Gasteiger partial charge in [-0.15, -0.1) is 0 Å². The van der Waals surface area contributed by atoms with Gasteiger partial charge in [0.15, 0.2) is 0 Å². The lowest BCUT2D eigenvalue weighted by Gasteiger charge is -2.50. The zero-order valence-electron chi connectivity index (χ0n) is 11.6. The van der Waals surface area contributed by atoms with Gasteiger partial charge in [-0.25, -0.2) is 4.98 Å². The molecule has 100 valence electrons. The van der Waals surface area contributed by atoms with Crippen LogP contribution in [-0.4, -0.2) is 35.2 Å². The molecular formula is C13H22N4O. The smallest absolute Gasteiger partial charge is 0.228 e. The molecular weight excluding hydrogens is 228 g/mol. The summed E-state index contributed by atoms with van der Waals surface area (Å²) in [6.45, 7) is 10.4. The number of anilines is 1. The minimum Gasteiger partial charge on any atom is -0.478 e. The summed E-state index contributed by atoms with van der Waals surface area (Å²) in [6.07, 6.45) is 0. The number of hydrogen-bond donors (Lipinski definition) is 1. The molecule has 1 aromatic heterocycles. The van der Waals surface area contributed by atoms with Gasteiger partial charge < -0.3 is 15.4 Å². The Bertz CT molecular complexity index is 427. The van der Waals surface area contributed by atoms with Crippen LogP contribution in [-0.2, 0) is 0 Å². The summed E-state index contributed by atoms with van der Waals surface area (Å²) in [5, 5.41) is 0. The molecule has 0 radical (unpaired) electrons. The van der Waals surface area contributed by atoms with Crippen LogP contribution in [0.5, 0.6) is 5.88 Å². The normalized spacial score (nSPS) is 17.8. The first kappa shape index (κ1) is 13.1. The highest BCUT2D eigenvalue weighted by Gasteiger charge is 2.43. The molecule has 1 aliphatic heterocycles. The second kappa shape index (κ2) is 4.72. The predicted octanol–water partition coefficient (Wildman–Crippen LogP) is 1.36. The highest BCUT2D eigenvalue weighted by Crippen LogP contribution is 2.29. The Hall–Kier alpha value is -1.36. The molecule has 2 heterocycles. The Balaban J connectivity index is 2.11. The molecule has 1 saturated heterocycles.